The predicted octanol–water partition coefficient (Wildman–Crippen LogP) is 6.27. The van der Waals surface area contributed by atoms with Crippen molar-refractivity contribution in [1.29, 1.82) is 0 Å². The van der Waals surface area contributed by atoms with E-state index in [4.69, 9.17) is 37.7 Å². The van der Waals surface area contributed by atoms with Crippen LogP contribution >= 0.6 is 23.2 Å². The van der Waals surface area contributed by atoms with Crippen LogP contribution in [-0.2, 0) is 22.7 Å². The average molecular weight is 718 g/mol. The predicted molar refractivity (Wildman–Crippen MR) is 196 cm³/mol. The summed E-state index contributed by atoms with van der Waals surface area (Å²) in [6, 6.07) is 18.1. The topological polar surface area (TPSA) is 118 Å². The molecule has 2 aliphatic heterocycles. The van der Waals surface area contributed by atoms with Gasteiger partial charge in [0.2, 0.25) is 17.7 Å². The van der Waals surface area contributed by atoms with Crippen LogP contribution in [0, 0.1) is 0 Å². The number of likely N-dealkylation sites (tertiary alicyclic amines) is 1. The SMILES string of the molecule is COc1cc(-c2nccc(-c3cccc(-c4ccc(CN[C@H]5CCC(=O)NC5)c(OC)n4)c3Cl)c2Cl)ccc1CNC1CCN(C(C)=O)CC1. The van der Waals surface area contributed by atoms with E-state index < -0.39 is 0 Å². The molecule has 0 radical (unpaired) electrons. The molecular formula is C38H42Cl2N6O4. The zero-order valence-corrected chi connectivity index (χ0v) is 30.0. The first-order chi connectivity index (χ1) is 24.2. The highest BCUT2D eigenvalue weighted by atomic mass is 35.5. The van der Waals surface area contributed by atoms with E-state index in [0.29, 0.717) is 59.4 Å². The van der Waals surface area contributed by atoms with Gasteiger partial charge in [0.15, 0.2) is 0 Å². The molecule has 0 saturated carbocycles. The molecule has 10 nitrogen and oxygen atoms in total. The molecule has 4 aromatic rings. The van der Waals surface area contributed by atoms with Crippen molar-refractivity contribution in [2.45, 2.75) is 57.8 Å². The van der Waals surface area contributed by atoms with E-state index in [9.17, 15) is 9.59 Å². The molecule has 2 fully saturated rings. The Kier molecular flexibility index (Phi) is 11.5. The smallest absolute Gasteiger partial charge is 0.220 e. The molecule has 2 saturated heterocycles. The number of pyridine rings is 2. The van der Waals surface area contributed by atoms with Gasteiger partial charge in [-0.2, -0.15) is 0 Å². The molecular weight excluding hydrogens is 675 g/mol. The number of methoxy groups -OCH3 is 2. The summed E-state index contributed by atoms with van der Waals surface area (Å²) in [6.07, 6.45) is 4.89. The van der Waals surface area contributed by atoms with E-state index in [2.05, 4.69) is 20.9 Å². The van der Waals surface area contributed by atoms with Gasteiger partial charge in [0.1, 0.15) is 5.75 Å². The van der Waals surface area contributed by atoms with E-state index in [1.54, 1.807) is 27.3 Å². The third-order valence-corrected chi connectivity index (χ3v) is 10.3. The van der Waals surface area contributed by atoms with Crippen LogP contribution in [0.5, 0.6) is 11.6 Å². The molecule has 2 aliphatic rings. The van der Waals surface area contributed by atoms with Gasteiger partial charge in [-0.3, -0.25) is 14.6 Å². The number of halogens is 2. The fraction of sp³-hybridized carbons (Fsp3) is 0.368. The van der Waals surface area contributed by atoms with Gasteiger partial charge in [-0.05, 0) is 37.5 Å². The summed E-state index contributed by atoms with van der Waals surface area (Å²) in [4.78, 5) is 34.5. The van der Waals surface area contributed by atoms with E-state index in [1.807, 2.05) is 59.5 Å². The Balaban J connectivity index is 1.20. The number of amides is 2. The first kappa shape index (κ1) is 35.6. The molecule has 1 atom stereocenters. The van der Waals surface area contributed by atoms with Crippen molar-refractivity contribution in [3.63, 3.8) is 0 Å². The first-order valence-electron chi connectivity index (χ1n) is 16.9. The van der Waals surface area contributed by atoms with Gasteiger partial charge in [0.05, 0.1) is 35.7 Å². The van der Waals surface area contributed by atoms with Crippen LogP contribution in [0.25, 0.3) is 33.6 Å². The summed E-state index contributed by atoms with van der Waals surface area (Å²) in [5.41, 5.74) is 6.31. The van der Waals surface area contributed by atoms with Crippen LogP contribution in [0.3, 0.4) is 0 Å². The number of piperidine rings is 2. The van der Waals surface area contributed by atoms with Gasteiger partial charge in [-0.25, -0.2) is 4.98 Å². The molecule has 2 aromatic heterocycles. The largest absolute Gasteiger partial charge is 0.496 e. The van der Waals surface area contributed by atoms with Crippen molar-refractivity contribution in [3.8, 4) is 45.3 Å². The zero-order chi connectivity index (χ0) is 35.2. The number of rotatable bonds is 11. The molecule has 0 spiro atoms. The summed E-state index contributed by atoms with van der Waals surface area (Å²) in [5.74, 6) is 1.47. The first-order valence-corrected chi connectivity index (χ1v) is 17.6. The van der Waals surface area contributed by atoms with Gasteiger partial charge in [0.25, 0.3) is 0 Å². The minimum absolute atomic E-state index is 0.0910. The average Bonchev–Trinajstić information content (AvgIpc) is 3.14. The van der Waals surface area contributed by atoms with Crippen LogP contribution in [0.2, 0.25) is 10.0 Å². The molecule has 6 rings (SSSR count). The van der Waals surface area contributed by atoms with Crippen molar-refractivity contribution >= 4 is 35.0 Å². The minimum Gasteiger partial charge on any atom is -0.496 e. The van der Waals surface area contributed by atoms with E-state index >= 15 is 0 Å². The standard InChI is InChI=1S/C38H42Cl2N6O4/c1-23(47)46-17-14-27(15-18-46)42-20-25-8-7-24(19-33(25)49-2)37-36(40)30(13-16-41-37)29-5-4-6-31(35(29)39)32-11-9-26(38(45-32)50-3)21-43-28-10-12-34(48)44-22-28/h4-9,11,13,16,19,27-28,42-43H,10,12,14-15,17-18,20-22H2,1-3H3,(H,44,48)/t28-/m0/s1. The van der Waals surface area contributed by atoms with E-state index in [1.165, 1.54) is 0 Å². The van der Waals surface area contributed by atoms with Gasteiger partial charge in [-0.1, -0.05) is 59.6 Å². The number of benzene rings is 2. The highest BCUT2D eigenvalue weighted by Crippen LogP contribution is 2.42. The number of carbonyl (C=O) groups is 2. The van der Waals surface area contributed by atoms with E-state index in [0.717, 1.165) is 71.5 Å². The second-order valence-electron chi connectivity index (χ2n) is 12.7. The lowest BCUT2D eigenvalue weighted by molar-refractivity contribution is -0.130. The van der Waals surface area contributed by atoms with Crippen molar-refractivity contribution in [1.82, 2.24) is 30.8 Å². The third-order valence-electron chi connectivity index (χ3n) is 9.52. The fourth-order valence-electron chi connectivity index (χ4n) is 6.57. The maximum atomic E-state index is 11.7. The normalized spacial score (nSPS) is 16.6. The Labute approximate surface area is 302 Å². The maximum absolute atomic E-state index is 11.7. The van der Waals surface area contributed by atoms with Crippen LogP contribution < -0.4 is 25.4 Å². The second-order valence-corrected chi connectivity index (χ2v) is 13.4. The highest BCUT2D eigenvalue weighted by molar-refractivity contribution is 6.39. The zero-order valence-electron chi connectivity index (χ0n) is 28.5. The summed E-state index contributed by atoms with van der Waals surface area (Å²) in [5, 5.41) is 11.0. The van der Waals surface area contributed by atoms with Crippen molar-refractivity contribution in [2.24, 2.45) is 0 Å². The van der Waals surface area contributed by atoms with Crippen LogP contribution in [0.15, 0.2) is 60.8 Å². The van der Waals surface area contributed by atoms with Gasteiger partial charge < -0.3 is 30.3 Å². The molecule has 4 heterocycles. The van der Waals surface area contributed by atoms with Gasteiger partial charge >= 0.3 is 0 Å². The Morgan fingerprint density at radius 3 is 2.34 bits per heavy atom. The third kappa shape index (κ3) is 8.05. The minimum atomic E-state index is 0.0910. The molecule has 2 amide bonds. The Hall–Kier alpha value is -4.22. The molecule has 0 bridgehead atoms. The number of carbonyl (C=O) groups excluding carboxylic acids is 2. The van der Waals surface area contributed by atoms with Crippen LogP contribution in [0.4, 0.5) is 0 Å². The summed E-state index contributed by atoms with van der Waals surface area (Å²) in [7, 11) is 3.26. The summed E-state index contributed by atoms with van der Waals surface area (Å²) >= 11 is 14.2. The molecule has 262 valence electrons. The summed E-state index contributed by atoms with van der Waals surface area (Å²) in [6.45, 7) is 4.98. The van der Waals surface area contributed by atoms with Gasteiger partial charge in [-0.15, -0.1) is 0 Å². The second kappa shape index (κ2) is 16.2. The summed E-state index contributed by atoms with van der Waals surface area (Å²) < 4.78 is 11.5. The maximum Gasteiger partial charge on any atom is 0.220 e. The molecule has 50 heavy (non-hydrogen) atoms. The lowest BCUT2D eigenvalue weighted by Crippen LogP contribution is -2.45. The van der Waals surface area contributed by atoms with Crippen molar-refractivity contribution < 1.29 is 19.1 Å². The lowest BCUT2D eigenvalue weighted by Gasteiger charge is -2.32. The number of aromatic nitrogens is 2. The Morgan fingerprint density at radius 1 is 0.900 bits per heavy atom. The molecule has 3 N–H and O–H groups in total. The number of ether oxygens (including phenoxy) is 2. The van der Waals surface area contributed by atoms with Crippen molar-refractivity contribution in [3.05, 3.63) is 82.0 Å². The lowest BCUT2D eigenvalue weighted by atomic mass is 9.99. The quantitative estimate of drug-likeness (QED) is 0.166. The number of hydrogen-bond acceptors (Lipinski definition) is 8. The van der Waals surface area contributed by atoms with Crippen LogP contribution in [0.1, 0.15) is 43.7 Å². The number of hydrogen-bond donors (Lipinski definition) is 3. The monoisotopic (exact) mass is 716 g/mol. The van der Waals surface area contributed by atoms with Crippen molar-refractivity contribution in [2.75, 3.05) is 33.9 Å². The molecule has 0 unspecified atom stereocenters. The molecule has 12 heteroatoms. The Bertz CT molecular complexity index is 1850. The number of nitrogens with zero attached hydrogens (tertiary/aromatic N) is 3. The number of nitrogens with one attached hydrogen (secondary N) is 3. The highest BCUT2D eigenvalue weighted by Gasteiger charge is 2.22. The van der Waals surface area contributed by atoms with E-state index in [-0.39, 0.29) is 17.9 Å². The fourth-order valence-corrected chi connectivity index (χ4v) is 7.22. The molecule has 0 aliphatic carbocycles. The van der Waals surface area contributed by atoms with Gasteiger partial charge in [0, 0.05) is 97.7 Å². The molecule has 2 aromatic carbocycles. The Morgan fingerprint density at radius 2 is 1.62 bits per heavy atom. The van der Waals surface area contributed by atoms with Crippen LogP contribution in [-0.4, -0.2) is 72.6 Å².